The minimum atomic E-state index is -4.58. The van der Waals surface area contributed by atoms with Gasteiger partial charge in [0, 0.05) is 44.0 Å². The zero-order valence-corrected chi connectivity index (χ0v) is 16.2. The maximum Gasteiger partial charge on any atom is 0.417 e. The summed E-state index contributed by atoms with van der Waals surface area (Å²) in [6.07, 6.45) is -3.45. The fourth-order valence-corrected chi connectivity index (χ4v) is 4.04. The number of anilines is 3. The highest BCUT2D eigenvalue weighted by molar-refractivity contribution is 5.70. The quantitative estimate of drug-likeness (QED) is 0.801. The molecule has 0 aromatic carbocycles. The average Bonchev–Trinajstić information content (AvgIpc) is 2.65. The molecule has 5 heterocycles. The van der Waals surface area contributed by atoms with Crippen molar-refractivity contribution in [3.8, 4) is 11.3 Å². The lowest BCUT2D eigenvalue weighted by Gasteiger charge is -2.55. The van der Waals surface area contributed by atoms with Gasteiger partial charge in [-0.3, -0.25) is 0 Å². The van der Waals surface area contributed by atoms with Gasteiger partial charge in [0.2, 0.25) is 5.95 Å². The van der Waals surface area contributed by atoms with Crippen molar-refractivity contribution in [1.29, 1.82) is 0 Å². The molecular weight excluding hydrogens is 401 g/mol. The molecule has 0 amide bonds. The van der Waals surface area contributed by atoms with Crippen molar-refractivity contribution >= 4 is 17.6 Å². The number of alkyl halides is 3. The molecule has 8 nitrogen and oxygen atoms in total. The van der Waals surface area contributed by atoms with E-state index >= 15 is 0 Å². The van der Waals surface area contributed by atoms with E-state index in [4.69, 9.17) is 15.2 Å². The van der Waals surface area contributed by atoms with Crippen LogP contribution in [0.4, 0.5) is 30.8 Å². The number of aromatic nitrogens is 3. The number of halogens is 3. The molecule has 3 fully saturated rings. The van der Waals surface area contributed by atoms with Gasteiger partial charge >= 0.3 is 6.18 Å². The largest absolute Gasteiger partial charge is 0.417 e. The number of hydrogen-bond acceptors (Lipinski definition) is 8. The Morgan fingerprint density at radius 3 is 2.37 bits per heavy atom. The predicted molar refractivity (Wildman–Crippen MR) is 103 cm³/mol. The molecular formula is C19H21F3N6O2. The van der Waals surface area contributed by atoms with Crippen molar-refractivity contribution in [2.75, 3.05) is 68.1 Å². The predicted octanol–water partition coefficient (Wildman–Crippen LogP) is 1.81. The van der Waals surface area contributed by atoms with Gasteiger partial charge in [-0.1, -0.05) is 0 Å². The van der Waals surface area contributed by atoms with Crippen molar-refractivity contribution in [3.63, 3.8) is 0 Å². The van der Waals surface area contributed by atoms with Gasteiger partial charge in [0.25, 0.3) is 0 Å². The molecule has 0 radical (unpaired) electrons. The van der Waals surface area contributed by atoms with Crippen molar-refractivity contribution in [2.45, 2.75) is 6.18 Å². The van der Waals surface area contributed by atoms with Gasteiger partial charge < -0.3 is 25.0 Å². The molecule has 0 atom stereocenters. The maximum atomic E-state index is 13.7. The highest BCUT2D eigenvalue weighted by Gasteiger charge is 2.49. The van der Waals surface area contributed by atoms with E-state index in [0.717, 1.165) is 25.4 Å². The summed E-state index contributed by atoms with van der Waals surface area (Å²) in [6, 6.07) is 2.44. The van der Waals surface area contributed by atoms with Crippen LogP contribution < -0.4 is 15.5 Å². The summed E-state index contributed by atoms with van der Waals surface area (Å²) >= 11 is 0. The van der Waals surface area contributed by atoms with Gasteiger partial charge in [-0.05, 0) is 6.07 Å². The van der Waals surface area contributed by atoms with E-state index in [1.54, 1.807) is 6.07 Å². The van der Waals surface area contributed by atoms with Crippen LogP contribution in [0.25, 0.3) is 11.3 Å². The second-order valence-electron chi connectivity index (χ2n) is 8.01. The third-order valence-electron chi connectivity index (χ3n) is 5.69. The van der Waals surface area contributed by atoms with Gasteiger partial charge in [-0.15, -0.1) is 0 Å². The number of nitrogens with zero attached hydrogens (tertiary/aromatic N) is 5. The number of nitrogen functional groups attached to an aromatic ring is 1. The van der Waals surface area contributed by atoms with Crippen molar-refractivity contribution in [3.05, 3.63) is 23.9 Å². The van der Waals surface area contributed by atoms with Crippen LogP contribution >= 0.6 is 0 Å². The maximum absolute atomic E-state index is 13.7. The van der Waals surface area contributed by atoms with Crippen LogP contribution in [0.15, 0.2) is 18.3 Å². The van der Waals surface area contributed by atoms with Gasteiger partial charge in [-0.2, -0.15) is 18.2 Å². The fourth-order valence-electron chi connectivity index (χ4n) is 4.04. The number of ether oxygens (including phenoxy) is 2. The first-order valence-corrected chi connectivity index (χ1v) is 9.71. The molecule has 11 heteroatoms. The van der Waals surface area contributed by atoms with Crippen LogP contribution in [0.2, 0.25) is 0 Å². The number of rotatable bonds is 3. The van der Waals surface area contributed by atoms with Crippen molar-refractivity contribution in [2.24, 2.45) is 5.41 Å². The number of pyridine rings is 1. The molecule has 0 bridgehead atoms. The Bertz CT molecular complexity index is 952. The lowest BCUT2D eigenvalue weighted by atomic mass is 9.78. The van der Waals surface area contributed by atoms with Crippen LogP contribution in [-0.2, 0) is 15.7 Å². The summed E-state index contributed by atoms with van der Waals surface area (Å²) < 4.78 is 51.7. The molecule has 0 aliphatic carbocycles. The van der Waals surface area contributed by atoms with Crippen molar-refractivity contribution < 1.29 is 22.6 Å². The first-order valence-electron chi connectivity index (χ1n) is 9.71. The Kier molecular flexibility index (Phi) is 4.47. The van der Waals surface area contributed by atoms with E-state index in [-0.39, 0.29) is 22.5 Å². The molecule has 3 aliphatic heterocycles. The van der Waals surface area contributed by atoms with E-state index in [1.807, 2.05) is 4.90 Å². The van der Waals surface area contributed by atoms with E-state index in [9.17, 15) is 13.2 Å². The molecule has 1 spiro atoms. The highest BCUT2D eigenvalue weighted by atomic mass is 19.4. The van der Waals surface area contributed by atoms with Gasteiger partial charge in [0.1, 0.15) is 11.6 Å². The number of nitrogens with two attached hydrogens (primary N) is 1. The summed E-state index contributed by atoms with van der Waals surface area (Å²) in [5.74, 6) is 0.800. The van der Waals surface area contributed by atoms with Crippen LogP contribution in [0.1, 0.15) is 5.56 Å². The smallest absolute Gasteiger partial charge is 0.384 e. The Morgan fingerprint density at radius 2 is 1.73 bits per heavy atom. The monoisotopic (exact) mass is 422 g/mol. The minimum Gasteiger partial charge on any atom is -0.384 e. The summed E-state index contributed by atoms with van der Waals surface area (Å²) in [5, 5.41) is 0. The Hall–Kier alpha value is -2.66. The van der Waals surface area contributed by atoms with E-state index in [1.165, 1.54) is 0 Å². The third kappa shape index (κ3) is 3.41. The highest BCUT2D eigenvalue weighted by Crippen LogP contribution is 2.42. The van der Waals surface area contributed by atoms with E-state index in [2.05, 4.69) is 19.9 Å². The molecule has 3 aliphatic rings. The Balaban J connectivity index is 1.57. The van der Waals surface area contributed by atoms with Crippen LogP contribution in [0.3, 0.4) is 0 Å². The first-order chi connectivity index (χ1) is 14.3. The topological polar surface area (TPSA) is 89.6 Å². The third-order valence-corrected chi connectivity index (χ3v) is 5.69. The second kappa shape index (κ2) is 6.95. The summed E-state index contributed by atoms with van der Waals surface area (Å²) in [4.78, 5) is 17.0. The molecule has 2 N–H and O–H groups in total. The lowest BCUT2D eigenvalue weighted by Crippen LogP contribution is -2.66. The molecule has 3 saturated heterocycles. The van der Waals surface area contributed by atoms with Crippen LogP contribution in [0.5, 0.6) is 0 Å². The van der Waals surface area contributed by atoms with E-state index in [0.29, 0.717) is 51.3 Å². The first kappa shape index (κ1) is 19.3. The molecule has 5 rings (SSSR count). The normalized spacial score (nSPS) is 20.8. The summed E-state index contributed by atoms with van der Waals surface area (Å²) in [6.45, 7) is 5.13. The molecule has 2 aromatic rings. The van der Waals surface area contributed by atoms with Crippen LogP contribution in [0, 0.1) is 5.41 Å². The molecule has 0 saturated carbocycles. The van der Waals surface area contributed by atoms with Gasteiger partial charge in [0.05, 0.1) is 43.1 Å². The summed E-state index contributed by atoms with van der Waals surface area (Å²) in [5.41, 5.74) is 4.86. The molecule has 160 valence electrons. The van der Waals surface area contributed by atoms with Crippen molar-refractivity contribution in [1.82, 2.24) is 15.0 Å². The van der Waals surface area contributed by atoms with Crippen LogP contribution in [-0.4, -0.2) is 67.6 Å². The Morgan fingerprint density at radius 1 is 1.00 bits per heavy atom. The van der Waals surface area contributed by atoms with E-state index < -0.39 is 11.7 Å². The second-order valence-corrected chi connectivity index (χ2v) is 8.01. The zero-order valence-electron chi connectivity index (χ0n) is 16.2. The average molecular weight is 422 g/mol. The molecule has 0 unspecified atom stereocenters. The SMILES string of the molecule is Nc1cc(C(F)(F)F)c(-c2cc(N3CC4(COC4)C3)nc(N3CCOCC3)n2)cn1. The number of hydrogen-bond donors (Lipinski definition) is 1. The fraction of sp³-hybridized carbons (Fsp3) is 0.526. The lowest BCUT2D eigenvalue weighted by molar-refractivity contribution is -0.137. The van der Waals surface area contributed by atoms with Gasteiger partial charge in [0.15, 0.2) is 0 Å². The van der Waals surface area contributed by atoms with Gasteiger partial charge in [-0.25, -0.2) is 9.97 Å². The summed E-state index contributed by atoms with van der Waals surface area (Å²) in [7, 11) is 0. The molecule has 30 heavy (non-hydrogen) atoms. The minimum absolute atomic E-state index is 0.114. The Labute approximate surface area is 170 Å². The zero-order chi connectivity index (χ0) is 20.9. The molecule has 2 aromatic heterocycles. The standard InChI is InChI=1S/C19H21F3N6O2/c20-19(21,22)13-5-15(23)24-7-12(13)14-6-16(28-8-18(9-28)10-30-11-18)26-17(25-14)27-1-3-29-4-2-27/h5-7H,1-4,8-11H2,(H2,23,24). The number of morpholine rings is 1.